The number of aliphatic carboxylic acids is 1. The van der Waals surface area contributed by atoms with Crippen molar-refractivity contribution >= 4 is 15.8 Å². The van der Waals surface area contributed by atoms with Crippen LogP contribution in [-0.2, 0) is 14.6 Å². The molecule has 2 atom stereocenters. The van der Waals surface area contributed by atoms with Crippen molar-refractivity contribution in [3.63, 3.8) is 0 Å². The van der Waals surface area contributed by atoms with Gasteiger partial charge in [0.05, 0.1) is 18.2 Å². The molecule has 1 aromatic heterocycles. The number of hydrogen-bond acceptors (Lipinski definition) is 4. The second kappa shape index (κ2) is 4.72. The maximum Gasteiger partial charge on any atom is 0.308 e. The zero-order valence-corrected chi connectivity index (χ0v) is 10.9. The van der Waals surface area contributed by atoms with Gasteiger partial charge in [0.15, 0.2) is 9.84 Å². The lowest BCUT2D eigenvalue weighted by Gasteiger charge is -2.28. The maximum atomic E-state index is 11.4. The van der Waals surface area contributed by atoms with Crippen LogP contribution in [0.2, 0.25) is 0 Å². The molecule has 18 heavy (non-hydrogen) atoms. The second-order valence-corrected chi connectivity index (χ2v) is 6.74. The van der Waals surface area contributed by atoms with E-state index in [1.807, 2.05) is 0 Å². The highest BCUT2D eigenvalue weighted by molar-refractivity contribution is 7.90. The first-order valence-corrected chi connectivity index (χ1v) is 7.76. The van der Waals surface area contributed by atoms with Crippen molar-refractivity contribution < 1.29 is 18.3 Å². The van der Waals surface area contributed by atoms with E-state index in [-0.39, 0.29) is 10.9 Å². The molecule has 1 saturated carbocycles. The number of carboxylic acids is 1. The van der Waals surface area contributed by atoms with Crippen LogP contribution in [0.1, 0.15) is 31.7 Å². The van der Waals surface area contributed by atoms with Gasteiger partial charge in [-0.2, -0.15) is 5.10 Å². The van der Waals surface area contributed by atoms with Crippen molar-refractivity contribution in [1.29, 1.82) is 0 Å². The Kier molecular flexibility index (Phi) is 3.43. The molecule has 2 rings (SSSR count). The largest absolute Gasteiger partial charge is 0.481 e. The highest BCUT2D eigenvalue weighted by Crippen LogP contribution is 2.34. The van der Waals surface area contributed by atoms with Crippen molar-refractivity contribution in [3.8, 4) is 0 Å². The van der Waals surface area contributed by atoms with E-state index in [0.29, 0.717) is 6.42 Å². The zero-order valence-electron chi connectivity index (χ0n) is 10.1. The third kappa shape index (κ3) is 2.55. The molecule has 0 aliphatic heterocycles. The Morgan fingerprint density at radius 3 is 2.67 bits per heavy atom. The second-order valence-electron chi connectivity index (χ2n) is 4.72. The van der Waals surface area contributed by atoms with E-state index in [9.17, 15) is 18.3 Å². The molecular formula is C11H16N2O4S. The molecule has 0 amide bonds. The predicted molar refractivity (Wildman–Crippen MR) is 64.0 cm³/mol. The number of aromatic nitrogens is 2. The number of rotatable bonds is 3. The molecule has 0 radical (unpaired) electrons. The van der Waals surface area contributed by atoms with Gasteiger partial charge in [-0.3, -0.25) is 9.48 Å². The summed E-state index contributed by atoms with van der Waals surface area (Å²) in [6.45, 7) is 0. The van der Waals surface area contributed by atoms with Crippen LogP contribution in [0.4, 0.5) is 0 Å². The van der Waals surface area contributed by atoms with Gasteiger partial charge >= 0.3 is 5.97 Å². The average Bonchev–Trinajstić information content (AvgIpc) is 2.77. The number of nitrogens with zero attached hydrogens (tertiary/aromatic N) is 2. The van der Waals surface area contributed by atoms with Gasteiger partial charge in [0.2, 0.25) is 0 Å². The van der Waals surface area contributed by atoms with E-state index >= 15 is 0 Å². The molecule has 100 valence electrons. The first kappa shape index (κ1) is 13.1. The van der Waals surface area contributed by atoms with E-state index in [1.165, 1.54) is 17.1 Å². The van der Waals surface area contributed by atoms with Gasteiger partial charge in [-0.05, 0) is 12.8 Å². The number of carbonyl (C=O) groups is 1. The van der Waals surface area contributed by atoms with Crippen molar-refractivity contribution in [3.05, 3.63) is 12.4 Å². The van der Waals surface area contributed by atoms with Crippen molar-refractivity contribution in [2.45, 2.75) is 36.6 Å². The molecule has 0 spiro atoms. The van der Waals surface area contributed by atoms with Crippen molar-refractivity contribution in [1.82, 2.24) is 9.78 Å². The Morgan fingerprint density at radius 2 is 2.11 bits per heavy atom. The number of carboxylic acid groups (broad SMARTS) is 1. The smallest absolute Gasteiger partial charge is 0.308 e. The van der Waals surface area contributed by atoms with E-state index in [1.54, 1.807) is 0 Å². The summed E-state index contributed by atoms with van der Waals surface area (Å²) in [6, 6.07) is -0.244. The third-order valence-electron chi connectivity index (χ3n) is 3.39. The molecule has 0 aromatic carbocycles. The monoisotopic (exact) mass is 272 g/mol. The Labute approximate surface area is 106 Å². The fourth-order valence-corrected chi connectivity index (χ4v) is 2.95. The molecule has 1 N–H and O–H groups in total. The van der Waals surface area contributed by atoms with Gasteiger partial charge in [-0.1, -0.05) is 12.8 Å². The summed E-state index contributed by atoms with van der Waals surface area (Å²) in [7, 11) is -3.29. The molecule has 1 fully saturated rings. The SMILES string of the molecule is CS(=O)(=O)c1cnn(C2CCCCC2C(=O)O)c1. The van der Waals surface area contributed by atoms with Crippen molar-refractivity contribution in [2.24, 2.45) is 5.92 Å². The van der Waals surface area contributed by atoms with E-state index < -0.39 is 21.7 Å². The first-order valence-electron chi connectivity index (χ1n) is 5.86. The lowest BCUT2D eigenvalue weighted by Crippen LogP contribution is -2.29. The Morgan fingerprint density at radius 1 is 1.44 bits per heavy atom. The third-order valence-corrected chi connectivity index (χ3v) is 4.46. The molecule has 0 bridgehead atoms. The summed E-state index contributed by atoms with van der Waals surface area (Å²) in [5.41, 5.74) is 0. The standard InChI is InChI=1S/C11H16N2O4S/c1-18(16,17)8-6-12-13(7-8)10-5-3-2-4-9(10)11(14)15/h6-7,9-10H,2-5H2,1H3,(H,14,15). The fourth-order valence-electron chi connectivity index (χ4n) is 2.41. The van der Waals surface area contributed by atoms with Gasteiger partial charge in [0, 0.05) is 12.5 Å². The highest BCUT2D eigenvalue weighted by Gasteiger charge is 2.32. The Bertz CT molecular complexity index is 549. The van der Waals surface area contributed by atoms with Crippen LogP contribution in [0, 0.1) is 5.92 Å². The summed E-state index contributed by atoms with van der Waals surface area (Å²) in [6.07, 6.45) is 7.01. The minimum Gasteiger partial charge on any atom is -0.481 e. The zero-order chi connectivity index (χ0) is 13.3. The lowest BCUT2D eigenvalue weighted by molar-refractivity contribution is -0.144. The quantitative estimate of drug-likeness (QED) is 0.890. The Balaban J connectivity index is 2.29. The molecular weight excluding hydrogens is 256 g/mol. The summed E-state index contributed by atoms with van der Waals surface area (Å²) in [5.74, 6) is -1.32. The molecule has 6 nitrogen and oxygen atoms in total. The van der Waals surface area contributed by atoms with Gasteiger partial charge in [0.1, 0.15) is 4.90 Å². The molecule has 0 saturated heterocycles. The van der Waals surface area contributed by atoms with E-state index in [2.05, 4.69) is 5.10 Å². The summed E-state index contributed by atoms with van der Waals surface area (Å²) >= 11 is 0. The minimum atomic E-state index is -3.29. The molecule has 1 aliphatic rings. The van der Waals surface area contributed by atoms with Crippen LogP contribution in [0.5, 0.6) is 0 Å². The van der Waals surface area contributed by atoms with Crippen LogP contribution in [0.15, 0.2) is 17.3 Å². The lowest BCUT2D eigenvalue weighted by atomic mass is 9.85. The van der Waals surface area contributed by atoms with E-state index in [0.717, 1.165) is 25.5 Å². The molecule has 2 unspecified atom stereocenters. The normalized spacial score (nSPS) is 24.9. The van der Waals surface area contributed by atoms with Crippen LogP contribution in [0.25, 0.3) is 0 Å². The predicted octanol–water partition coefficient (Wildman–Crippen LogP) is 1.10. The number of hydrogen-bond donors (Lipinski definition) is 1. The van der Waals surface area contributed by atoms with Gasteiger partial charge in [-0.15, -0.1) is 0 Å². The van der Waals surface area contributed by atoms with Gasteiger partial charge in [0.25, 0.3) is 0 Å². The number of sulfone groups is 1. The van der Waals surface area contributed by atoms with Crippen LogP contribution >= 0.6 is 0 Å². The first-order chi connectivity index (χ1) is 8.39. The molecule has 1 heterocycles. The summed E-state index contributed by atoms with van der Waals surface area (Å²) in [4.78, 5) is 11.3. The highest BCUT2D eigenvalue weighted by atomic mass is 32.2. The maximum absolute atomic E-state index is 11.4. The molecule has 1 aromatic rings. The fraction of sp³-hybridized carbons (Fsp3) is 0.636. The summed E-state index contributed by atoms with van der Waals surface area (Å²) in [5, 5.41) is 13.2. The van der Waals surface area contributed by atoms with Gasteiger partial charge < -0.3 is 5.11 Å². The Hall–Kier alpha value is -1.37. The van der Waals surface area contributed by atoms with Crippen molar-refractivity contribution in [2.75, 3.05) is 6.26 Å². The van der Waals surface area contributed by atoms with Crippen LogP contribution in [-0.4, -0.2) is 35.5 Å². The minimum absolute atomic E-state index is 0.136. The molecule has 1 aliphatic carbocycles. The van der Waals surface area contributed by atoms with Gasteiger partial charge in [-0.25, -0.2) is 8.42 Å². The topological polar surface area (TPSA) is 89.3 Å². The van der Waals surface area contributed by atoms with Crippen LogP contribution < -0.4 is 0 Å². The molecule has 7 heteroatoms. The summed E-state index contributed by atoms with van der Waals surface area (Å²) < 4.78 is 24.2. The van der Waals surface area contributed by atoms with Crippen LogP contribution in [0.3, 0.4) is 0 Å². The van der Waals surface area contributed by atoms with E-state index in [4.69, 9.17) is 0 Å². The average molecular weight is 272 g/mol.